The summed E-state index contributed by atoms with van der Waals surface area (Å²) in [4.78, 5) is 14.3. The van der Waals surface area contributed by atoms with Crippen LogP contribution in [0.1, 0.15) is 50.2 Å². The first kappa shape index (κ1) is 17.3. The van der Waals surface area contributed by atoms with Gasteiger partial charge in [0, 0.05) is 24.6 Å². The van der Waals surface area contributed by atoms with Crippen molar-refractivity contribution in [1.29, 1.82) is 0 Å². The van der Waals surface area contributed by atoms with Crippen LogP contribution in [0.15, 0.2) is 24.3 Å². The van der Waals surface area contributed by atoms with Gasteiger partial charge in [-0.05, 0) is 50.5 Å². The van der Waals surface area contributed by atoms with Gasteiger partial charge in [-0.1, -0.05) is 24.3 Å². The fraction of sp³-hybridized carbons (Fsp3) is 0.632. The molecule has 5 heteroatoms. The Kier molecular flexibility index (Phi) is 4.90. The number of likely N-dealkylation sites (tertiary alicyclic amines) is 1. The van der Waals surface area contributed by atoms with E-state index in [0.717, 1.165) is 37.9 Å². The summed E-state index contributed by atoms with van der Waals surface area (Å²) < 4.78 is 25.1. The summed E-state index contributed by atoms with van der Waals surface area (Å²) in [7, 11) is 0. The molecule has 3 nitrogen and oxygen atoms in total. The zero-order chi connectivity index (χ0) is 17.3. The van der Waals surface area contributed by atoms with E-state index in [1.165, 1.54) is 12.1 Å². The highest BCUT2D eigenvalue weighted by Gasteiger charge is 2.44. The van der Waals surface area contributed by atoms with Crippen LogP contribution in [0.25, 0.3) is 0 Å². The average molecular weight is 337 g/mol. The molecular formula is C19H25F2NO2. The predicted octanol–water partition coefficient (Wildman–Crippen LogP) is 3.57. The molecule has 1 heterocycles. The molecule has 0 atom stereocenters. The number of benzene rings is 1. The quantitative estimate of drug-likeness (QED) is 0.912. The van der Waals surface area contributed by atoms with Crippen LogP contribution in [0.5, 0.6) is 0 Å². The van der Waals surface area contributed by atoms with Crippen molar-refractivity contribution in [2.45, 2.75) is 51.1 Å². The van der Waals surface area contributed by atoms with Crippen molar-refractivity contribution in [3.05, 3.63) is 35.4 Å². The minimum absolute atomic E-state index is 0.0153. The van der Waals surface area contributed by atoms with Gasteiger partial charge in [0.15, 0.2) is 0 Å². The molecule has 132 valence electrons. The third kappa shape index (κ3) is 3.94. The van der Waals surface area contributed by atoms with Gasteiger partial charge in [-0.2, -0.15) is 0 Å². The molecular weight excluding hydrogens is 312 g/mol. The van der Waals surface area contributed by atoms with E-state index in [1.54, 1.807) is 19.1 Å². The molecule has 3 rings (SSSR count). The van der Waals surface area contributed by atoms with Gasteiger partial charge in [0.05, 0.1) is 5.60 Å². The Morgan fingerprint density at radius 1 is 1.25 bits per heavy atom. The van der Waals surface area contributed by atoms with Crippen LogP contribution in [0.2, 0.25) is 0 Å². The van der Waals surface area contributed by atoms with Crippen molar-refractivity contribution < 1.29 is 18.7 Å². The smallest absolute Gasteiger partial charge is 0.263 e. The number of carbonyl (C=O) groups excluding carboxylic acids is 1. The van der Waals surface area contributed by atoms with E-state index < -0.39 is 12.0 Å². The maximum atomic E-state index is 12.6. The van der Waals surface area contributed by atoms with Crippen LogP contribution in [-0.2, 0) is 11.2 Å². The number of hydrogen-bond donors (Lipinski definition) is 1. The highest BCUT2D eigenvalue weighted by Crippen LogP contribution is 2.39. The first-order chi connectivity index (χ1) is 11.3. The minimum atomic E-state index is -2.42. The fourth-order valence-corrected chi connectivity index (χ4v) is 3.92. The van der Waals surface area contributed by atoms with Crippen molar-refractivity contribution in [1.82, 2.24) is 4.90 Å². The second kappa shape index (κ2) is 6.79. The normalized spacial score (nSPS) is 28.0. The number of rotatable bonds is 4. The van der Waals surface area contributed by atoms with Crippen LogP contribution >= 0.6 is 0 Å². The number of hydrogen-bond acceptors (Lipinski definition) is 2. The molecule has 0 spiro atoms. The van der Waals surface area contributed by atoms with Crippen LogP contribution in [0.3, 0.4) is 0 Å². The molecule has 1 aromatic rings. The highest BCUT2D eigenvalue weighted by molar-refractivity contribution is 5.80. The fourth-order valence-electron chi connectivity index (χ4n) is 3.92. The monoisotopic (exact) mass is 337 g/mol. The molecule has 0 bridgehead atoms. The zero-order valence-electron chi connectivity index (χ0n) is 14.0. The second-order valence-electron chi connectivity index (χ2n) is 7.62. The summed E-state index contributed by atoms with van der Waals surface area (Å²) in [5.41, 5.74) is 0.484. The van der Waals surface area contributed by atoms with Crippen molar-refractivity contribution in [3.63, 3.8) is 0 Å². The predicted molar refractivity (Wildman–Crippen MR) is 87.8 cm³/mol. The maximum Gasteiger partial charge on any atom is 0.263 e. The number of nitrogens with zero attached hydrogens (tertiary/aromatic N) is 1. The Morgan fingerprint density at radius 2 is 1.83 bits per heavy atom. The lowest BCUT2D eigenvalue weighted by Crippen LogP contribution is -2.51. The lowest BCUT2D eigenvalue weighted by atomic mass is 9.71. The number of carbonyl (C=O) groups is 1. The van der Waals surface area contributed by atoms with Gasteiger partial charge in [-0.15, -0.1) is 0 Å². The summed E-state index contributed by atoms with van der Waals surface area (Å²) >= 11 is 0. The standard InChI is InChI=1S/C19H25F2NO2/c1-19(24)11-16(12-19)18(23)22-8-6-14(7-9-22)10-13-2-4-15(5-3-13)17(20)21/h2-5,14,16-17,24H,6-12H2,1H3. The lowest BCUT2D eigenvalue weighted by Gasteiger charge is -2.43. The summed E-state index contributed by atoms with van der Waals surface area (Å²) in [6, 6.07) is 6.58. The topological polar surface area (TPSA) is 40.5 Å². The van der Waals surface area contributed by atoms with E-state index in [9.17, 15) is 18.7 Å². The molecule has 24 heavy (non-hydrogen) atoms. The molecule has 2 fully saturated rings. The maximum absolute atomic E-state index is 12.6. The molecule has 1 saturated carbocycles. The van der Waals surface area contributed by atoms with Gasteiger partial charge in [-0.25, -0.2) is 8.78 Å². The average Bonchev–Trinajstić information content (AvgIpc) is 2.53. The Balaban J connectivity index is 1.46. The summed E-state index contributed by atoms with van der Waals surface area (Å²) in [6.45, 7) is 3.30. The van der Waals surface area contributed by atoms with E-state index in [4.69, 9.17) is 0 Å². The van der Waals surface area contributed by atoms with E-state index in [2.05, 4.69) is 0 Å². The molecule has 1 saturated heterocycles. The molecule has 1 N–H and O–H groups in total. The van der Waals surface area contributed by atoms with Crippen molar-refractivity contribution >= 4 is 5.91 Å². The molecule has 0 unspecified atom stereocenters. The molecule has 1 aliphatic heterocycles. The third-order valence-corrected chi connectivity index (χ3v) is 5.40. The Hall–Kier alpha value is -1.49. The van der Waals surface area contributed by atoms with Crippen LogP contribution < -0.4 is 0 Å². The molecule has 0 aromatic heterocycles. The lowest BCUT2D eigenvalue weighted by molar-refractivity contribution is -0.151. The number of piperidine rings is 1. The zero-order valence-corrected chi connectivity index (χ0v) is 14.0. The largest absolute Gasteiger partial charge is 0.390 e. The number of aliphatic hydroxyl groups is 1. The summed E-state index contributed by atoms with van der Waals surface area (Å²) in [5.74, 6) is 0.663. The van der Waals surface area contributed by atoms with Crippen molar-refractivity contribution in [2.75, 3.05) is 13.1 Å². The molecule has 1 amide bonds. The van der Waals surface area contributed by atoms with Gasteiger partial charge < -0.3 is 10.0 Å². The van der Waals surface area contributed by atoms with Crippen molar-refractivity contribution in [3.8, 4) is 0 Å². The van der Waals surface area contributed by atoms with Crippen LogP contribution in [-0.4, -0.2) is 34.6 Å². The van der Waals surface area contributed by atoms with E-state index in [-0.39, 0.29) is 17.4 Å². The van der Waals surface area contributed by atoms with E-state index in [0.29, 0.717) is 18.8 Å². The Morgan fingerprint density at radius 3 is 2.33 bits per heavy atom. The van der Waals surface area contributed by atoms with Crippen LogP contribution in [0, 0.1) is 11.8 Å². The third-order valence-electron chi connectivity index (χ3n) is 5.40. The molecule has 0 radical (unpaired) electrons. The van der Waals surface area contributed by atoms with Crippen LogP contribution in [0.4, 0.5) is 8.78 Å². The first-order valence-corrected chi connectivity index (χ1v) is 8.72. The highest BCUT2D eigenvalue weighted by atomic mass is 19.3. The Bertz CT molecular complexity index is 570. The van der Waals surface area contributed by atoms with E-state index >= 15 is 0 Å². The van der Waals surface area contributed by atoms with Gasteiger partial charge in [0.25, 0.3) is 6.43 Å². The van der Waals surface area contributed by atoms with E-state index in [1.807, 2.05) is 4.90 Å². The van der Waals surface area contributed by atoms with Gasteiger partial charge in [0.1, 0.15) is 0 Å². The molecule has 2 aliphatic rings. The number of amides is 1. The molecule has 1 aromatic carbocycles. The number of alkyl halides is 2. The Labute approximate surface area is 141 Å². The summed E-state index contributed by atoms with van der Waals surface area (Å²) in [5, 5.41) is 9.77. The van der Waals surface area contributed by atoms with Crippen molar-refractivity contribution in [2.24, 2.45) is 11.8 Å². The minimum Gasteiger partial charge on any atom is -0.390 e. The summed E-state index contributed by atoms with van der Waals surface area (Å²) in [6.07, 6.45) is 1.51. The molecule has 1 aliphatic carbocycles. The number of halogens is 2. The van der Waals surface area contributed by atoms with Gasteiger partial charge >= 0.3 is 0 Å². The second-order valence-corrected chi connectivity index (χ2v) is 7.62. The SMILES string of the molecule is CC1(O)CC(C(=O)N2CCC(Cc3ccc(C(F)F)cc3)CC2)C1. The van der Waals surface area contributed by atoms with Gasteiger partial charge in [0.2, 0.25) is 5.91 Å². The first-order valence-electron chi connectivity index (χ1n) is 8.72. The van der Waals surface area contributed by atoms with Gasteiger partial charge in [-0.3, -0.25) is 4.79 Å².